The van der Waals surface area contributed by atoms with E-state index in [0.29, 0.717) is 6.54 Å². The second-order valence-corrected chi connectivity index (χ2v) is 6.03. The molecule has 0 bridgehead atoms. The Kier molecular flexibility index (Phi) is 5.59. The van der Waals surface area contributed by atoms with E-state index in [1.165, 1.54) is 10.5 Å². The van der Waals surface area contributed by atoms with Crippen LogP contribution in [0.2, 0.25) is 10.0 Å². The smallest absolute Gasteiger partial charge is 0.0449 e. The highest BCUT2D eigenvalue weighted by Gasteiger charge is 2.07. The van der Waals surface area contributed by atoms with Gasteiger partial charge < -0.3 is 5.73 Å². The SMILES string of the molecule is NCCc1c(Cl)cccc1SCc1ccc(Cl)cc1. The monoisotopic (exact) mass is 311 g/mol. The van der Waals surface area contributed by atoms with Crippen LogP contribution < -0.4 is 5.73 Å². The number of hydrogen-bond donors (Lipinski definition) is 1. The van der Waals surface area contributed by atoms with E-state index in [1.807, 2.05) is 36.4 Å². The minimum Gasteiger partial charge on any atom is -0.330 e. The van der Waals surface area contributed by atoms with Crippen LogP contribution in [0.15, 0.2) is 47.4 Å². The molecule has 0 amide bonds. The minimum absolute atomic E-state index is 0.609. The summed E-state index contributed by atoms with van der Waals surface area (Å²) in [6, 6.07) is 13.9. The van der Waals surface area contributed by atoms with Crippen LogP contribution in [0.1, 0.15) is 11.1 Å². The lowest BCUT2D eigenvalue weighted by Crippen LogP contribution is -2.04. The summed E-state index contributed by atoms with van der Waals surface area (Å²) in [4.78, 5) is 1.20. The number of nitrogens with two attached hydrogens (primary N) is 1. The average molecular weight is 312 g/mol. The van der Waals surface area contributed by atoms with E-state index in [2.05, 4.69) is 6.07 Å². The lowest BCUT2D eigenvalue weighted by molar-refractivity contribution is 0.944. The summed E-state index contributed by atoms with van der Waals surface area (Å²) in [6.45, 7) is 0.609. The third-order valence-electron chi connectivity index (χ3n) is 2.78. The highest BCUT2D eigenvalue weighted by Crippen LogP contribution is 2.31. The largest absolute Gasteiger partial charge is 0.330 e. The number of thioether (sulfide) groups is 1. The fraction of sp³-hybridized carbons (Fsp3) is 0.200. The molecular formula is C15H15Cl2NS. The fourth-order valence-electron chi connectivity index (χ4n) is 1.80. The Hall–Kier alpha value is -0.670. The first-order valence-corrected chi connectivity index (χ1v) is 7.79. The zero-order chi connectivity index (χ0) is 13.7. The lowest BCUT2D eigenvalue weighted by atomic mass is 10.1. The van der Waals surface area contributed by atoms with Crippen LogP contribution in [-0.4, -0.2) is 6.54 Å². The predicted octanol–water partition coefficient (Wildman–Crippen LogP) is 4.79. The van der Waals surface area contributed by atoms with E-state index in [4.69, 9.17) is 28.9 Å². The van der Waals surface area contributed by atoms with Gasteiger partial charge in [-0.3, -0.25) is 0 Å². The Morgan fingerprint density at radius 2 is 1.74 bits per heavy atom. The third kappa shape index (κ3) is 4.15. The summed E-state index contributed by atoms with van der Waals surface area (Å²) >= 11 is 13.9. The predicted molar refractivity (Wildman–Crippen MR) is 85.2 cm³/mol. The van der Waals surface area contributed by atoms with Gasteiger partial charge >= 0.3 is 0 Å². The number of halogens is 2. The summed E-state index contributed by atoms with van der Waals surface area (Å²) in [7, 11) is 0. The zero-order valence-electron chi connectivity index (χ0n) is 10.4. The first-order chi connectivity index (χ1) is 9.20. The number of hydrogen-bond acceptors (Lipinski definition) is 2. The molecule has 19 heavy (non-hydrogen) atoms. The molecule has 1 nitrogen and oxygen atoms in total. The van der Waals surface area contributed by atoms with Gasteiger partial charge in [-0.1, -0.05) is 41.4 Å². The highest BCUT2D eigenvalue weighted by atomic mass is 35.5. The van der Waals surface area contributed by atoms with Gasteiger partial charge in [0.25, 0.3) is 0 Å². The molecule has 0 atom stereocenters. The molecule has 2 N–H and O–H groups in total. The topological polar surface area (TPSA) is 26.0 Å². The normalized spacial score (nSPS) is 10.7. The van der Waals surface area contributed by atoms with Crippen LogP contribution in [0, 0.1) is 0 Å². The van der Waals surface area contributed by atoms with Gasteiger partial charge in [-0.2, -0.15) is 0 Å². The zero-order valence-corrected chi connectivity index (χ0v) is 12.7. The van der Waals surface area contributed by atoms with Crippen molar-refractivity contribution in [2.24, 2.45) is 5.73 Å². The molecule has 0 saturated carbocycles. The summed E-state index contributed by atoms with van der Waals surface area (Å²) in [5.74, 6) is 0.898. The molecule has 0 aromatic heterocycles. The number of benzene rings is 2. The van der Waals surface area contributed by atoms with Crippen molar-refractivity contribution in [1.82, 2.24) is 0 Å². The highest BCUT2D eigenvalue weighted by molar-refractivity contribution is 7.98. The van der Waals surface area contributed by atoms with Gasteiger partial charge in [0.05, 0.1) is 0 Å². The van der Waals surface area contributed by atoms with E-state index in [-0.39, 0.29) is 0 Å². The molecule has 0 aliphatic heterocycles. The van der Waals surface area contributed by atoms with Gasteiger partial charge in [-0.15, -0.1) is 11.8 Å². The van der Waals surface area contributed by atoms with Gasteiger partial charge in [0.2, 0.25) is 0 Å². The van der Waals surface area contributed by atoms with Crippen molar-refractivity contribution in [2.45, 2.75) is 17.1 Å². The molecule has 0 aliphatic rings. The molecule has 0 radical (unpaired) electrons. The van der Waals surface area contributed by atoms with E-state index >= 15 is 0 Å². The molecule has 0 unspecified atom stereocenters. The van der Waals surface area contributed by atoms with Crippen molar-refractivity contribution in [3.63, 3.8) is 0 Å². The van der Waals surface area contributed by atoms with Crippen LogP contribution in [0.3, 0.4) is 0 Å². The quantitative estimate of drug-likeness (QED) is 0.804. The van der Waals surface area contributed by atoms with Crippen LogP contribution in [0.5, 0.6) is 0 Å². The summed E-state index contributed by atoms with van der Waals surface area (Å²) < 4.78 is 0. The first kappa shape index (κ1) is 14.7. The fourth-order valence-corrected chi connectivity index (χ4v) is 3.33. The van der Waals surface area contributed by atoms with Crippen LogP contribution in [-0.2, 0) is 12.2 Å². The Balaban J connectivity index is 2.10. The van der Waals surface area contributed by atoms with Crippen molar-refractivity contribution in [2.75, 3.05) is 6.54 Å². The third-order valence-corrected chi connectivity index (χ3v) is 4.56. The maximum absolute atomic E-state index is 6.22. The van der Waals surface area contributed by atoms with E-state index in [1.54, 1.807) is 11.8 Å². The van der Waals surface area contributed by atoms with Crippen molar-refractivity contribution >= 4 is 35.0 Å². The molecule has 2 aromatic rings. The molecule has 0 heterocycles. The molecule has 0 spiro atoms. The van der Waals surface area contributed by atoms with Gasteiger partial charge in [-0.05, 0) is 48.4 Å². The van der Waals surface area contributed by atoms with Crippen molar-refractivity contribution in [3.05, 3.63) is 63.6 Å². The minimum atomic E-state index is 0.609. The first-order valence-electron chi connectivity index (χ1n) is 6.05. The Bertz CT molecular complexity index is 540. The van der Waals surface area contributed by atoms with Crippen molar-refractivity contribution in [1.29, 1.82) is 0 Å². The van der Waals surface area contributed by atoms with Crippen molar-refractivity contribution in [3.8, 4) is 0 Å². The van der Waals surface area contributed by atoms with Gasteiger partial charge in [0.1, 0.15) is 0 Å². The van der Waals surface area contributed by atoms with Crippen LogP contribution in [0.25, 0.3) is 0 Å². The second-order valence-electron chi connectivity index (χ2n) is 4.17. The maximum Gasteiger partial charge on any atom is 0.0449 e. The van der Waals surface area contributed by atoms with Crippen molar-refractivity contribution < 1.29 is 0 Å². The van der Waals surface area contributed by atoms with E-state index in [9.17, 15) is 0 Å². The molecule has 100 valence electrons. The molecule has 2 rings (SSSR count). The Labute approximate surface area is 128 Å². The maximum atomic E-state index is 6.22. The van der Waals surface area contributed by atoms with Gasteiger partial charge in [0.15, 0.2) is 0 Å². The lowest BCUT2D eigenvalue weighted by Gasteiger charge is -2.10. The molecule has 0 aliphatic carbocycles. The number of rotatable bonds is 5. The molecule has 2 aromatic carbocycles. The van der Waals surface area contributed by atoms with Gasteiger partial charge in [0, 0.05) is 20.7 Å². The summed E-state index contributed by atoms with van der Waals surface area (Å²) in [5.41, 5.74) is 8.03. The van der Waals surface area contributed by atoms with Crippen LogP contribution >= 0.6 is 35.0 Å². The standard InChI is InChI=1S/C15H15Cl2NS/c16-12-6-4-11(5-7-12)10-19-15-3-1-2-14(17)13(15)8-9-18/h1-7H,8-10,18H2. The van der Waals surface area contributed by atoms with E-state index in [0.717, 1.165) is 27.8 Å². The molecule has 0 saturated heterocycles. The molecule has 4 heteroatoms. The van der Waals surface area contributed by atoms with E-state index < -0.39 is 0 Å². The molecular weight excluding hydrogens is 297 g/mol. The molecule has 0 fully saturated rings. The second kappa shape index (κ2) is 7.20. The Morgan fingerprint density at radius 3 is 2.42 bits per heavy atom. The summed E-state index contributed by atoms with van der Waals surface area (Å²) in [5, 5.41) is 1.56. The van der Waals surface area contributed by atoms with Crippen LogP contribution in [0.4, 0.5) is 0 Å². The summed E-state index contributed by atoms with van der Waals surface area (Å²) in [6.07, 6.45) is 0.808. The average Bonchev–Trinajstić information content (AvgIpc) is 2.41. The Morgan fingerprint density at radius 1 is 1.00 bits per heavy atom. The van der Waals surface area contributed by atoms with Gasteiger partial charge in [-0.25, -0.2) is 0 Å².